The number of ether oxygens (including phenoxy) is 1. The third-order valence-electron chi connectivity index (χ3n) is 1.47. The first kappa shape index (κ1) is 12.8. The topological polar surface area (TPSA) is 26.3 Å². The van der Waals surface area contributed by atoms with Gasteiger partial charge in [-0.25, -0.2) is 0 Å². The average molecular weight is 295 g/mol. The zero-order chi connectivity index (χ0) is 8.97. The summed E-state index contributed by atoms with van der Waals surface area (Å²) in [5, 5.41) is 0. The van der Waals surface area contributed by atoms with Crippen LogP contribution in [0.2, 0.25) is 0 Å². The van der Waals surface area contributed by atoms with Crippen molar-refractivity contribution in [1.29, 1.82) is 0 Å². The van der Waals surface area contributed by atoms with E-state index >= 15 is 0 Å². The predicted molar refractivity (Wildman–Crippen MR) is 52.4 cm³/mol. The minimum atomic E-state index is -0.238. The van der Waals surface area contributed by atoms with Crippen molar-refractivity contribution in [2.75, 3.05) is 6.61 Å². The third-order valence-corrected chi connectivity index (χ3v) is 2.45. The quantitative estimate of drug-likeness (QED) is 0.612. The molecule has 0 N–H and O–H groups in total. The number of rotatable bonds is 2. The molecule has 0 amide bonds. The number of carbonyl (C=O) groups excluding carboxylic acids is 1. The monoisotopic (exact) mass is 293 g/mol. The Kier molecular flexibility index (Phi) is 6.18. The van der Waals surface area contributed by atoms with Gasteiger partial charge in [0.25, 0.3) is 0 Å². The molecule has 1 aromatic rings. The van der Waals surface area contributed by atoms with E-state index in [-0.39, 0.29) is 23.0 Å². The molecule has 0 heterocycles. The van der Waals surface area contributed by atoms with Gasteiger partial charge in [0, 0.05) is 0 Å². The van der Waals surface area contributed by atoms with Crippen molar-refractivity contribution in [1.82, 2.24) is 0 Å². The molecule has 1 rings (SSSR count). The van der Waals surface area contributed by atoms with E-state index in [1.165, 1.54) is 4.16 Å². The summed E-state index contributed by atoms with van der Waals surface area (Å²) in [7, 11) is 0. The van der Waals surface area contributed by atoms with Gasteiger partial charge in [0.1, 0.15) is 0 Å². The molecule has 0 atom stereocenters. The molecule has 2 nitrogen and oxygen atoms in total. The molecule has 0 aliphatic heterocycles. The first-order valence-electron chi connectivity index (χ1n) is 3.83. The second kappa shape index (κ2) is 6.28. The Bertz CT molecular complexity index is 271. The number of halogens is 1. The molecule has 1 aromatic carbocycles. The summed E-state index contributed by atoms with van der Waals surface area (Å²) in [6.45, 7) is 2.24. The number of carbonyl (C=O) groups is 1. The fourth-order valence-corrected chi connectivity index (χ4v) is 1.35. The molecule has 4 heteroatoms. The molecule has 0 unspecified atom stereocenters. The summed E-state index contributed by atoms with van der Waals surface area (Å²) < 4.78 is 6.11. The van der Waals surface area contributed by atoms with Gasteiger partial charge >= 0.3 is 81.3 Å². The van der Waals surface area contributed by atoms with E-state index in [0.717, 1.165) is 18.3 Å². The first-order valence-corrected chi connectivity index (χ1v) is 5.31. The number of esters is 1. The van der Waals surface area contributed by atoms with Gasteiger partial charge in [-0.3, -0.25) is 0 Å². The summed E-state index contributed by atoms with van der Waals surface area (Å²) in [6, 6.07) is 7.51. The molecule has 0 aliphatic rings. The van der Waals surface area contributed by atoms with Crippen LogP contribution in [0.4, 0.5) is 0 Å². The van der Waals surface area contributed by atoms with E-state index in [9.17, 15) is 4.79 Å². The Balaban J connectivity index is 0.00000144. The van der Waals surface area contributed by atoms with Gasteiger partial charge in [-0.05, 0) is 0 Å². The van der Waals surface area contributed by atoms with Crippen molar-refractivity contribution >= 4 is 27.1 Å². The number of hydrogen-bond acceptors (Lipinski definition) is 2. The van der Waals surface area contributed by atoms with E-state index in [1.807, 2.05) is 12.1 Å². The van der Waals surface area contributed by atoms with E-state index in [0.29, 0.717) is 12.2 Å². The van der Waals surface area contributed by atoms with Crippen LogP contribution in [0.25, 0.3) is 0 Å². The van der Waals surface area contributed by atoms with Gasteiger partial charge in [-0.2, -0.15) is 0 Å². The van der Waals surface area contributed by atoms with Crippen LogP contribution in [0, 0.1) is 0 Å². The van der Waals surface area contributed by atoms with Crippen LogP contribution >= 0.6 is 17.0 Å². The fraction of sp³-hybridized carbons (Fsp3) is 0.222. The first-order chi connectivity index (χ1) is 5.74. The Morgan fingerprint density at radius 1 is 1.38 bits per heavy atom. The van der Waals surface area contributed by atoms with Crippen molar-refractivity contribution in [3.8, 4) is 0 Å². The van der Waals surface area contributed by atoms with Crippen LogP contribution in [0.1, 0.15) is 17.3 Å². The molecule has 0 saturated heterocycles. The van der Waals surface area contributed by atoms with Crippen LogP contribution in [-0.2, 0) is 23.0 Å². The summed E-state index contributed by atoms with van der Waals surface area (Å²) in [5.74, 6) is -0.238. The van der Waals surface area contributed by atoms with Crippen LogP contribution < -0.4 is 4.16 Å². The summed E-state index contributed by atoms with van der Waals surface area (Å²) >= 11 is 1.11. The van der Waals surface area contributed by atoms with Gasteiger partial charge < -0.3 is 0 Å². The van der Waals surface area contributed by atoms with Crippen LogP contribution in [0.15, 0.2) is 24.3 Å². The van der Waals surface area contributed by atoms with Crippen LogP contribution in [0.3, 0.4) is 0 Å². The van der Waals surface area contributed by atoms with E-state index in [1.54, 1.807) is 19.1 Å². The van der Waals surface area contributed by atoms with E-state index < -0.39 is 0 Å². The maximum absolute atomic E-state index is 11.1. The molecule has 0 aliphatic carbocycles. The van der Waals surface area contributed by atoms with Gasteiger partial charge in [-0.15, -0.1) is 17.0 Å². The molecule has 67 valence electrons. The van der Waals surface area contributed by atoms with Crippen molar-refractivity contribution in [2.24, 2.45) is 0 Å². The second-order valence-electron chi connectivity index (χ2n) is 2.42. The molecule has 13 heavy (non-hydrogen) atoms. The Morgan fingerprint density at radius 2 is 1.92 bits per heavy atom. The molecule has 0 radical (unpaired) electrons. The molecular formula is C9H10BrO2Zn. The molecular weight excluding hydrogens is 285 g/mol. The predicted octanol–water partition coefficient (Wildman–Crippen LogP) is 1.61. The second-order valence-corrected chi connectivity index (χ2v) is 4.13. The van der Waals surface area contributed by atoms with Gasteiger partial charge in [-0.1, -0.05) is 0 Å². The van der Waals surface area contributed by atoms with E-state index in [2.05, 4.69) is 0 Å². The molecule has 0 fully saturated rings. The maximum atomic E-state index is 11.1. The normalized spacial score (nSPS) is 8.85. The summed E-state index contributed by atoms with van der Waals surface area (Å²) in [6.07, 6.45) is 0. The minimum absolute atomic E-state index is 0. The Morgan fingerprint density at radius 3 is 2.38 bits per heavy atom. The zero-order valence-corrected chi connectivity index (χ0v) is 12.1. The fourth-order valence-electron chi connectivity index (χ4n) is 0.855. The van der Waals surface area contributed by atoms with Crippen molar-refractivity contribution < 1.29 is 27.8 Å². The molecule has 0 saturated carbocycles. The number of benzene rings is 1. The summed E-state index contributed by atoms with van der Waals surface area (Å²) in [5.41, 5.74) is 0.633. The average Bonchev–Trinajstić information content (AvgIpc) is 2.06. The van der Waals surface area contributed by atoms with Crippen molar-refractivity contribution in [3.05, 3.63) is 29.8 Å². The van der Waals surface area contributed by atoms with Crippen LogP contribution in [-0.4, -0.2) is 12.6 Å². The third kappa shape index (κ3) is 4.01. The zero-order valence-electron chi connectivity index (χ0n) is 7.45. The SMILES string of the molecule is Br.CCOC(=O)c1cc[c]([Zn])cc1. The van der Waals surface area contributed by atoms with Gasteiger partial charge in [0.15, 0.2) is 0 Å². The Labute approximate surface area is 98.1 Å². The van der Waals surface area contributed by atoms with Crippen molar-refractivity contribution in [2.45, 2.75) is 6.92 Å². The molecule has 0 bridgehead atoms. The van der Waals surface area contributed by atoms with E-state index in [4.69, 9.17) is 4.74 Å². The Hall–Kier alpha value is -0.207. The molecule has 0 aromatic heterocycles. The number of hydrogen-bond donors (Lipinski definition) is 0. The summed E-state index contributed by atoms with van der Waals surface area (Å²) in [4.78, 5) is 11.1. The van der Waals surface area contributed by atoms with Crippen LogP contribution in [0.5, 0.6) is 0 Å². The van der Waals surface area contributed by atoms with Gasteiger partial charge in [0.05, 0.1) is 0 Å². The standard InChI is InChI=1S/C9H9O2.BrH.Zn/c1-2-11-9(10)8-6-4-3-5-7-8;;/h4-7H,2H2,1H3;1H;. The van der Waals surface area contributed by atoms with Crippen molar-refractivity contribution in [3.63, 3.8) is 0 Å². The molecule has 0 spiro atoms. The van der Waals surface area contributed by atoms with Gasteiger partial charge in [0.2, 0.25) is 0 Å².